The standard InChI is InChI=1S/C26H23BrN4O4/c1-2-3-7-25-29-24-13-10-20(27)15-23(24)26(32)30(25)28-16-19-5-4-6-22(14-19)35-17-18-8-11-21(12-9-18)31(33)34/h4-6,8-16H,2-3,7,17H2,1H3. The van der Waals surface area contributed by atoms with Gasteiger partial charge in [-0.25, -0.2) is 4.98 Å². The largest absolute Gasteiger partial charge is 0.489 e. The summed E-state index contributed by atoms with van der Waals surface area (Å²) in [5, 5.41) is 15.8. The molecule has 8 nitrogen and oxygen atoms in total. The molecule has 0 bridgehead atoms. The van der Waals surface area contributed by atoms with Gasteiger partial charge in [-0.05, 0) is 60.0 Å². The molecule has 0 radical (unpaired) electrons. The fourth-order valence-electron chi connectivity index (χ4n) is 3.50. The van der Waals surface area contributed by atoms with Crippen LogP contribution in [0, 0.1) is 10.1 Å². The van der Waals surface area contributed by atoms with Crippen LogP contribution >= 0.6 is 15.9 Å². The Balaban J connectivity index is 1.57. The molecule has 0 fully saturated rings. The third-order valence-corrected chi connectivity index (χ3v) is 5.86. The van der Waals surface area contributed by atoms with E-state index in [0.29, 0.717) is 28.9 Å². The highest BCUT2D eigenvalue weighted by molar-refractivity contribution is 9.10. The fourth-order valence-corrected chi connectivity index (χ4v) is 3.86. The first-order valence-electron chi connectivity index (χ1n) is 11.2. The van der Waals surface area contributed by atoms with Crippen molar-refractivity contribution >= 4 is 38.7 Å². The molecule has 0 unspecified atom stereocenters. The topological polar surface area (TPSA) is 99.6 Å². The highest BCUT2D eigenvalue weighted by Crippen LogP contribution is 2.18. The van der Waals surface area contributed by atoms with Gasteiger partial charge in [-0.15, -0.1) is 0 Å². The molecule has 0 aliphatic carbocycles. The van der Waals surface area contributed by atoms with E-state index >= 15 is 0 Å². The van der Waals surface area contributed by atoms with Crippen LogP contribution in [0.4, 0.5) is 5.69 Å². The average Bonchev–Trinajstić information content (AvgIpc) is 2.86. The normalized spacial score (nSPS) is 11.3. The Morgan fingerprint density at radius 1 is 1.14 bits per heavy atom. The summed E-state index contributed by atoms with van der Waals surface area (Å²) < 4.78 is 8.01. The minimum atomic E-state index is -0.434. The summed E-state index contributed by atoms with van der Waals surface area (Å²) in [5.41, 5.74) is 2.04. The van der Waals surface area contributed by atoms with E-state index in [1.807, 2.05) is 36.4 Å². The fraction of sp³-hybridized carbons (Fsp3) is 0.192. The molecule has 0 aliphatic heterocycles. The van der Waals surface area contributed by atoms with E-state index in [1.165, 1.54) is 16.8 Å². The molecule has 0 amide bonds. The third kappa shape index (κ3) is 5.99. The number of hydrogen-bond donors (Lipinski definition) is 0. The second-order valence-electron chi connectivity index (χ2n) is 7.94. The number of fused-ring (bicyclic) bond motifs is 1. The third-order valence-electron chi connectivity index (χ3n) is 5.36. The first kappa shape index (κ1) is 24.3. The summed E-state index contributed by atoms with van der Waals surface area (Å²) in [6.07, 6.45) is 4.14. The lowest BCUT2D eigenvalue weighted by molar-refractivity contribution is -0.384. The number of benzene rings is 3. The van der Waals surface area contributed by atoms with E-state index < -0.39 is 4.92 Å². The van der Waals surface area contributed by atoms with Crippen molar-refractivity contribution in [1.82, 2.24) is 9.66 Å². The van der Waals surface area contributed by atoms with Gasteiger partial charge in [0, 0.05) is 23.0 Å². The lowest BCUT2D eigenvalue weighted by Gasteiger charge is -2.09. The number of ether oxygens (including phenoxy) is 1. The number of halogens is 1. The van der Waals surface area contributed by atoms with Crippen LogP contribution in [0.25, 0.3) is 10.9 Å². The van der Waals surface area contributed by atoms with Gasteiger partial charge in [0.15, 0.2) is 0 Å². The lowest BCUT2D eigenvalue weighted by Crippen LogP contribution is -2.22. The van der Waals surface area contributed by atoms with Crippen LogP contribution in [0.1, 0.15) is 36.7 Å². The molecule has 0 saturated carbocycles. The Labute approximate surface area is 210 Å². The molecule has 0 saturated heterocycles. The summed E-state index contributed by atoms with van der Waals surface area (Å²) in [5.74, 6) is 1.24. The van der Waals surface area contributed by atoms with Crippen LogP contribution in [-0.4, -0.2) is 20.8 Å². The number of hydrogen-bond acceptors (Lipinski definition) is 6. The predicted octanol–water partition coefficient (Wildman–Crippen LogP) is 5.87. The Morgan fingerprint density at radius 2 is 1.94 bits per heavy atom. The van der Waals surface area contributed by atoms with Crippen LogP contribution in [-0.2, 0) is 13.0 Å². The maximum absolute atomic E-state index is 13.2. The summed E-state index contributed by atoms with van der Waals surface area (Å²) in [4.78, 5) is 28.3. The van der Waals surface area contributed by atoms with E-state index in [-0.39, 0.29) is 17.9 Å². The summed E-state index contributed by atoms with van der Waals surface area (Å²) in [7, 11) is 0. The zero-order valence-corrected chi connectivity index (χ0v) is 20.6. The number of aryl methyl sites for hydroxylation is 1. The quantitative estimate of drug-likeness (QED) is 0.152. The number of nitro benzene ring substituents is 1. The molecule has 178 valence electrons. The SMILES string of the molecule is CCCCc1nc2ccc(Br)cc2c(=O)n1N=Cc1cccc(OCc2ccc([N+](=O)[O-])cc2)c1. The molecule has 0 atom stereocenters. The van der Waals surface area contributed by atoms with Crippen molar-refractivity contribution in [1.29, 1.82) is 0 Å². The Morgan fingerprint density at radius 3 is 2.69 bits per heavy atom. The Bertz CT molecular complexity index is 1450. The minimum absolute atomic E-state index is 0.0380. The molecule has 0 aliphatic rings. The zero-order valence-electron chi connectivity index (χ0n) is 19.1. The molecule has 0 N–H and O–H groups in total. The van der Waals surface area contributed by atoms with Crippen LogP contribution in [0.15, 0.2) is 81.1 Å². The van der Waals surface area contributed by atoms with Crippen LogP contribution in [0.3, 0.4) is 0 Å². The van der Waals surface area contributed by atoms with Crippen molar-refractivity contribution < 1.29 is 9.66 Å². The monoisotopic (exact) mass is 534 g/mol. The lowest BCUT2D eigenvalue weighted by atomic mass is 10.2. The van der Waals surface area contributed by atoms with Gasteiger partial charge in [-0.2, -0.15) is 9.78 Å². The average molecular weight is 535 g/mol. The summed E-state index contributed by atoms with van der Waals surface area (Å²) >= 11 is 3.42. The number of aromatic nitrogens is 2. The van der Waals surface area contributed by atoms with Crippen molar-refractivity contribution in [2.75, 3.05) is 0 Å². The Hall–Kier alpha value is -3.85. The minimum Gasteiger partial charge on any atom is -0.489 e. The van der Waals surface area contributed by atoms with Crippen LogP contribution in [0.2, 0.25) is 0 Å². The summed E-state index contributed by atoms with van der Waals surface area (Å²) in [6, 6.07) is 19.0. The van der Waals surface area contributed by atoms with Crippen LogP contribution in [0.5, 0.6) is 5.75 Å². The van der Waals surface area contributed by atoms with E-state index in [2.05, 4.69) is 32.9 Å². The zero-order chi connectivity index (χ0) is 24.8. The van der Waals surface area contributed by atoms with Gasteiger partial charge in [-0.1, -0.05) is 41.4 Å². The molecular formula is C26H23BrN4O4. The van der Waals surface area contributed by atoms with Gasteiger partial charge >= 0.3 is 0 Å². The number of nitro groups is 1. The molecular weight excluding hydrogens is 512 g/mol. The molecule has 4 rings (SSSR count). The van der Waals surface area contributed by atoms with Gasteiger partial charge < -0.3 is 4.74 Å². The Kier molecular flexibility index (Phi) is 7.67. The molecule has 1 aromatic heterocycles. The van der Waals surface area contributed by atoms with E-state index in [1.54, 1.807) is 24.4 Å². The summed E-state index contributed by atoms with van der Waals surface area (Å²) in [6.45, 7) is 2.36. The van der Waals surface area contributed by atoms with Crippen molar-refractivity contribution in [2.45, 2.75) is 32.8 Å². The molecule has 1 heterocycles. The second kappa shape index (κ2) is 11.1. The number of unbranched alkanes of at least 4 members (excludes halogenated alkanes) is 1. The maximum Gasteiger partial charge on any atom is 0.282 e. The van der Waals surface area contributed by atoms with E-state index in [0.717, 1.165) is 28.4 Å². The maximum atomic E-state index is 13.2. The number of non-ortho nitro benzene ring substituents is 1. The van der Waals surface area contributed by atoms with Gasteiger partial charge in [0.05, 0.1) is 22.0 Å². The number of rotatable bonds is 9. The van der Waals surface area contributed by atoms with E-state index in [4.69, 9.17) is 4.74 Å². The molecule has 35 heavy (non-hydrogen) atoms. The highest BCUT2D eigenvalue weighted by atomic mass is 79.9. The van der Waals surface area contributed by atoms with Crippen molar-refractivity contribution in [3.63, 3.8) is 0 Å². The predicted molar refractivity (Wildman–Crippen MR) is 139 cm³/mol. The van der Waals surface area contributed by atoms with Crippen molar-refractivity contribution in [3.05, 3.63) is 109 Å². The van der Waals surface area contributed by atoms with Gasteiger partial charge in [0.2, 0.25) is 0 Å². The highest BCUT2D eigenvalue weighted by Gasteiger charge is 2.11. The van der Waals surface area contributed by atoms with Gasteiger partial charge in [0.25, 0.3) is 11.2 Å². The number of nitrogens with zero attached hydrogens (tertiary/aromatic N) is 4. The van der Waals surface area contributed by atoms with Crippen LogP contribution < -0.4 is 10.3 Å². The molecule has 3 aromatic carbocycles. The second-order valence-corrected chi connectivity index (χ2v) is 8.85. The smallest absolute Gasteiger partial charge is 0.282 e. The van der Waals surface area contributed by atoms with Crippen molar-refractivity contribution in [2.24, 2.45) is 5.10 Å². The van der Waals surface area contributed by atoms with Gasteiger partial charge in [0.1, 0.15) is 18.2 Å². The first-order chi connectivity index (χ1) is 16.9. The van der Waals surface area contributed by atoms with Crippen molar-refractivity contribution in [3.8, 4) is 5.75 Å². The molecule has 0 spiro atoms. The molecule has 9 heteroatoms. The van der Waals surface area contributed by atoms with E-state index in [9.17, 15) is 14.9 Å². The first-order valence-corrected chi connectivity index (χ1v) is 12.0. The van der Waals surface area contributed by atoms with Gasteiger partial charge in [-0.3, -0.25) is 14.9 Å². The molecule has 4 aromatic rings.